The first-order valence-corrected chi connectivity index (χ1v) is 10.6. The molecule has 0 aliphatic heterocycles. The van der Waals surface area contributed by atoms with Gasteiger partial charge < -0.3 is 10.1 Å². The van der Waals surface area contributed by atoms with E-state index in [4.69, 9.17) is 0 Å². The average Bonchev–Trinajstić information content (AvgIpc) is 2.59. The Labute approximate surface area is 162 Å². The van der Waals surface area contributed by atoms with E-state index >= 15 is 0 Å². The van der Waals surface area contributed by atoms with Crippen molar-refractivity contribution >= 4 is 44.0 Å². The van der Waals surface area contributed by atoms with Gasteiger partial charge >= 0.3 is 0 Å². The molecule has 0 spiro atoms. The lowest BCUT2D eigenvalue weighted by molar-refractivity contribution is -0.119. The number of carbonyl (C=O) groups is 1. The quantitative estimate of drug-likeness (QED) is 0.449. The topological polar surface area (TPSA) is 147 Å². The van der Waals surface area contributed by atoms with Gasteiger partial charge in [0, 0.05) is 12.8 Å². The monoisotopic (exact) mass is 427 g/mol. The molecule has 28 heavy (non-hydrogen) atoms. The van der Waals surface area contributed by atoms with E-state index in [-0.39, 0.29) is 28.3 Å². The molecule has 0 aromatic heterocycles. The highest BCUT2D eigenvalue weighted by Crippen LogP contribution is 2.24. The number of amides is 1. The summed E-state index contributed by atoms with van der Waals surface area (Å²) in [6.07, 6.45) is 2.53. The minimum Gasteiger partial charge on any atom is -0.375 e. The third-order valence-corrected chi connectivity index (χ3v) is 5.33. The normalized spacial score (nSPS) is 12.2. The van der Waals surface area contributed by atoms with Crippen LogP contribution in [-0.4, -0.2) is 45.6 Å². The van der Waals surface area contributed by atoms with Gasteiger partial charge in [0.15, 0.2) is 0 Å². The predicted octanol–water partition coefficient (Wildman–Crippen LogP) is 1.94. The Hall–Kier alpha value is -2.57. The third kappa shape index (κ3) is 5.71. The first-order chi connectivity index (χ1) is 13.0. The lowest BCUT2D eigenvalue weighted by Gasteiger charge is -2.09. The molecule has 0 unspecified atom stereocenters. The van der Waals surface area contributed by atoms with Gasteiger partial charge in [-0.25, -0.2) is 0 Å². The van der Waals surface area contributed by atoms with Crippen molar-refractivity contribution in [3.63, 3.8) is 0 Å². The highest BCUT2D eigenvalue weighted by Gasteiger charge is 2.17. The van der Waals surface area contributed by atoms with Crippen LogP contribution >= 0.6 is 0 Å². The maximum absolute atomic E-state index is 11.7. The second kappa shape index (κ2) is 8.63. The molecule has 11 heteroatoms. The van der Waals surface area contributed by atoms with Crippen molar-refractivity contribution in [2.75, 3.05) is 19.0 Å². The molecule has 0 aliphatic carbocycles. The molecular weight excluding hydrogens is 410 g/mol. The fourth-order valence-electron chi connectivity index (χ4n) is 2.33. The standard InChI is InChI=1S/C17H17NO8S2/c1-26-11-17(19)18-14-9-8-13(16(10-14)28(23,24)25)7-6-12-4-2-3-5-15(12)27(20,21)22/h2-10H,11H2,1H3,(H,18,19)(H,20,21,22)(H,23,24,25)/b7-6+. The fraction of sp³-hybridized carbons (Fsp3) is 0.118. The summed E-state index contributed by atoms with van der Waals surface area (Å²) in [7, 11) is -7.81. The summed E-state index contributed by atoms with van der Waals surface area (Å²) in [5.41, 5.74) is 0.270. The van der Waals surface area contributed by atoms with Crippen LogP contribution in [0.15, 0.2) is 52.3 Å². The van der Waals surface area contributed by atoms with E-state index in [9.17, 15) is 30.7 Å². The van der Waals surface area contributed by atoms with Crippen LogP contribution < -0.4 is 5.32 Å². The van der Waals surface area contributed by atoms with Gasteiger partial charge in [0.1, 0.15) is 16.4 Å². The fourth-order valence-corrected chi connectivity index (χ4v) is 3.73. The first-order valence-electron chi connectivity index (χ1n) is 7.67. The second-order valence-electron chi connectivity index (χ2n) is 5.56. The molecule has 2 rings (SSSR count). The van der Waals surface area contributed by atoms with Gasteiger partial charge in [-0.1, -0.05) is 36.4 Å². The minimum atomic E-state index is -4.65. The summed E-state index contributed by atoms with van der Waals surface area (Å²) < 4.78 is 69.7. The zero-order chi connectivity index (χ0) is 20.9. The number of carbonyl (C=O) groups excluding carboxylic acids is 1. The summed E-state index contributed by atoms with van der Waals surface area (Å²) in [6, 6.07) is 9.32. The lowest BCUT2D eigenvalue weighted by atomic mass is 10.1. The Morgan fingerprint density at radius 2 is 1.54 bits per heavy atom. The Morgan fingerprint density at radius 3 is 2.11 bits per heavy atom. The van der Waals surface area contributed by atoms with Crippen molar-refractivity contribution in [1.29, 1.82) is 0 Å². The van der Waals surface area contributed by atoms with Gasteiger partial charge in [-0.15, -0.1) is 0 Å². The molecule has 0 fully saturated rings. The van der Waals surface area contributed by atoms with Crippen LogP contribution in [0.5, 0.6) is 0 Å². The van der Waals surface area contributed by atoms with E-state index in [2.05, 4.69) is 10.1 Å². The number of rotatable bonds is 7. The van der Waals surface area contributed by atoms with Crippen molar-refractivity contribution in [3.05, 3.63) is 53.6 Å². The number of hydrogen-bond donors (Lipinski definition) is 3. The number of anilines is 1. The number of nitrogens with one attached hydrogen (secondary N) is 1. The largest absolute Gasteiger partial charge is 0.375 e. The first kappa shape index (κ1) is 21.7. The molecule has 0 radical (unpaired) electrons. The van der Waals surface area contributed by atoms with Crippen molar-refractivity contribution < 1.29 is 35.5 Å². The van der Waals surface area contributed by atoms with Crippen molar-refractivity contribution in [2.45, 2.75) is 9.79 Å². The van der Waals surface area contributed by atoms with Crippen LogP contribution in [0.3, 0.4) is 0 Å². The Kier molecular flexibility index (Phi) is 6.69. The van der Waals surface area contributed by atoms with Crippen molar-refractivity contribution in [3.8, 4) is 0 Å². The van der Waals surface area contributed by atoms with Crippen molar-refractivity contribution in [1.82, 2.24) is 0 Å². The maximum Gasteiger partial charge on any atom is 0.295 e. The number of ether oxygens (including phenoxy) is 1. The van der Waals surface area contributed by atoms with Gasteiger partial charge in [-0.3, -0.25) is 13.9 Å². The molecule has 0 saturated carbocycles. The highest BCUT2D eigenvalue weighted by molar-refractivity contribution is 7.86. The molecule has 2 aromatic rings. The Morgan fingerprint density at radius 1 is 0.964 bits per heavy atom. The van der Waals surface area contributed by atoms with E-state index in [0.29, 0.717) is 0 Å². The van der Waals surface area contributed by atoms with E-state index in [0.717, 1.165) is 6.07 Å². The molecule has 3 N–H and O–H groups in total. The summed E-state index contributed by atoms with van der Waals surface area (Å²) in [4.78, 5) is 10.7. The van der Waals surface area contributed by atoms with Crippen LogP contribution in [0.25, 0.3) is 12.2 Å². The van der Waals surface area contributed by atoms with Crippen LogP contribution in [0, 0.1) is 0 Å². The molecule has 0 saturated heterocycles. The molecule has 0 heterocycles. The molecule has 0 aliphatic rings. The Bertz CT molecular complexity index is 1120. The molecule has 2 aromatic carbocycles. The molecule has 0 bridgehead atoms. The van der Waals surface area contributed by atoms with E-state index in [1.54, 1.807) is 0 Å². The average molecular weight is 427 g/mol. The summed E-state index contributed by atoms with van der Waals surface area (Å²) >= 11 is 0. The zero-order valence-corrected chi connectivity index (χ0v) is 16.2. The van der Waals surface area contributed by atoms with Gasteiger partial charge in [-0.05, 0) is 29.3 Å². The lowest BCUT2D eigenvalue weighted by Crippen LogP contribution is -2.17. The molecule has 150 valence electrons. The summed E-state index contributed by atoms with van der Waals surface area (Å²) in [6.45, 7) is -0.241. The van der Waals surface area contributed by atoms with Gasteiger partial charge in [0.25, 0.3) is 20.2 Å². The van der Waals surface area contributed by atoms with Gasteiger partial charge in [0.2, 0.25) is 5.91 Å². The minimum absolute atomic E-state index is 0.0392. The molecule has 0 atom stereocenters. The van der Waals surface area contributed by atoms with E-state index in [1.165, 1.54) is 55.7 Å². The van der Waals surface area contributed by atoms with Crippen LogP contribution in [0.4, 0.5) is 5.69 Å². The maximum atomic E-state index is 11.7. The van der Waals surface area contributed by atoms with Crippen LogP contribution in [0.1, 0.15) is 11.1 Å². The van der Waals surface area contributed by atoms with Crippen LogP contribution in [-0.2, 0) is 29.8 Å². The number of benzene rings is 2. The van der Waals surface area contributed by atoms with Crippen molar-refractivity contribution in [2.24, 2.45) is 0 Å². The van der Waals surface area contributed by atoms with E-state index in [1.807, 2.05) is 0 Å². The Balaban J connectivity index is 2.47. The van der Waals surface area contributed by atoms with Gasteiger partial charge in [0.05, 0.1) is 0 Å². The number of methoxy groups -OCH3 is 1. The SMILES string of the molecule is COCC(=O)Nc1ccc(/C=C/c2ccccc2S(=O)(=O)O)c(S(=O)(=O)O)c1. The smallest absolute Gasteiger partial charge is 0.295 e. The third-order valence-electron chi connectivity index (χ3n) is 3.49. The molecule has 1 amide bonds. The van der Waals surface area contributed by atoms with Crippen LogP contribution in [0.2, 0.25) is 0 Å². The molecular formula is C17H17NO8S2. The highest BCUT2D eigenvalue weighted by atomic mass is 32.2. The van der Waals surface area contributed by atoms with Gasteiger partial charge in [-0.2, -0.15) is 16.8 Å². The van der Waals surface area contributed by atoms with E-state index < -0.39 is 31.0 Å². The molecule has 9 nitrogen and oxygen atoms in total. The zero-order valence-electron chi connectivity index (χ0n) is 14.6. The summed E-state index contributed by atoms with van der Waals surface area (Å²) in [5, 5.41) is 2.41. The predicted molar refractivity (Wildman–Crippen MR) is 102 cm³/mol. The summed E-state index contributed by atoms with van der Waals surface area (Å²) in [5.74, 6) is -0.519. The second-order valence-corrected chi connectivity index (χ2v) is 8.34. The number of hydrogen-bond acceptors (Lipinski definition) is 6.